The standard InChI is InChI=1S/C21H26N2O/c1-4-6-13-23(5-2)14-19-15(3)22-20-17-10-8-7-9-16(17)11-12-18(20)21(19)24/h7-12H,4-6,13-14H2,1-3H3,(H,22,24)/p+1. The summed E-state index contributed by atoms with van der Waals surface area (Å²) in [5.41, 5.74) is 3.09. The molecule has 0 saturated heterocycles. The van der Waals surface area contributed by atoms with Crippen LogP contribution in [0.15, 0.2) is 41.2 Å². The molecule has 1 heterocycles. The zero-order chi connectivity index (χ0) is 17.1. The van der Waals surface area contributed by atoms with Gasteiger partial charge in [0.25, 0.3) is 0 Å². The Balaban J connectivity index is 2.10. The number of fused-ring (bicyclic) bond motifs is 3. The molecule has 0 aliphatic carbocycles. The van der Waals surface area contributed by atoms with Gasteiger partial charge in [0.15, 0.2) is 5.43 Å². The van der Waals surface area contributed by atoms with Gasteiger partial charge < -0.3 is 9.88 Å². The van der Waals surface area contributed by atoms with Crippen LogP contribution in [0.4, 0.5) is 0 Å². The van der Waals surface area contributed by atoms with Gasteiger partial charge in [-0.25, -0.2) is 0 Å². The summed E-state index contributed by atoms with van der Waals surface area (Å²) in [6, 6.07) is 12.2. The summed E-state index contributed by atoms with van der Waals surface area (Å²) in [6.07, 6.45) is 2.40. The number of aromatic nitrogens is 1. The van der Waals surface area contributed by atoms with Gasteiger partial charge in [0.1, 0.15) is 6.54 Å². The lowest BCUT2D eigenvalue weighted by Gasteiger charge is -2.18. The first-order valence-electron chi connectivity index (χ1n) is 9.02. The van der Waals surface area contributed by atoms with Crippen molar-refractivity contribution in [1.82, 2.24) is 4.98 Å². The second-order valence-corrected chi connectivity index (χ2v) is 6.65. The fourth-order valence-electron chi connectivity index (χ4n) is 3.47. The van der Waals surface area contributed by atoms with Gasteiger partial charge in [-0.05, 0) is 31.7 Å². The summed E-state index contributed by atoms with van der Waals surface area (Å²) < 4.78 is 0. The molecule has 2 aromatic carbocycles. The van der Waals surface area contributed by atoms with Crippen molar-refractivity contribution in [2.75, 3.05) is 13.1 Å². The van der Waals surface area contributed by atoms with Crippen LogP contribution in [0.1, 0.15) is 37.9 Å². The van der Waals surface area contributed by atoms with Crippen LogP contribution < -0.4 is 10.3 Å². The van der Waals surface area contributed by atoms with E-state index in [1.54, 1.807) is 0 Å². The minimum atomic E-state index is 0.189. The highest BCUT2D eigenvalue weighted by Gasteiger charge is 2.16. The van der Waals surface area contributed by atoms with Gasteiger partial charge in [-0.3, -0.25) is 4.79 Å². The molecule has 0 aliphatic rings. The van der Waals surface area contributed by atoms with E-state index in [9.17, 15) is 4.79 Å². The Bertz CT molecular complexity index is 911. The molecular formula is C21H27N2O+. The first kappa shape index (κ1) is 16.7. The molecule has 0 amide bonds. The van der Waals surface area contributed by atoms with E-state index in [4.69, 9.17) is 0 Å². The van der Waals surface area contributed by atoms with Crippen molar-refractivity contribution in [3.8, 4) is 0 Å². The number of hydrogen-bond donors (Lipinski definition) is 2. The minimum Gasteiger partial charge on any atom is -0.357 e. The van der Waals surface area contributed by atoms with Gasteiger partial charge in [0.2, 0.25) is 0 Å². The number of pyridine rings is 1. The number of H-pyrrole nitrogens is 1. The lowest BCUT2D eigenvalue weighted by Crippen LogP contribution is -3.10. The molecule has 3 nitrogen and oxygen atoms in total. The Morgan fingerprint density at radius 1 is 1.04 bits per heavy atom. The molecule has 0 saturated carbocycles. The molecular weight excluding hydrogens is 296 g/mol. The van der Waals surface area contributed by atoms with Crippen LogP contribution in [0.3, 0.4) is 0 Å². The molecule has 3 rings (SSSR count). The lowest BCUT2D eigenvalue weighted by atomic mass is 10.0. The predicted octanol–water partition coefficient (Wildman–Crippen LogP) is 3.19. The molecule has 0 bridgehead atoms. The van der Waals surface area contributed by atoms with Crippen LogP contribution >= 0.6 is 0 Å². The smallest absolute Gasteiger partial charge is 0.198 e. The van der Waals surface area contributed by atoms with Crippen molar-refractivity contribution >= 4 is 21.7 Å². The summed E-state index contributed by atoms with van der Waals surface area (Å²) in [5.74, 6) is 0. The van der Waals surface area contributed by atoms with Crippen LogP contribution in [0, 0.1) is 6.92 Å². The molecule has 0 spiro atoms. The number of quaternary nitrogens is 1. The zero-order valence-corrected chi connectivity index (χ0v) is 14.9. The first-order valence-corrected chi connectivity index (χ1v) is 9.02. The van der Waals surface area contributed by atoms with Crippen LogP contribution in [-0.4, -0.2) is 18.1 Å². The predicted molar refractivity (Wildman–Crippen MR) is 102 cm³/mol. The molecule has 1 unspecified atom stereocenters. The molecule has 1 atom stereocenters. The summed E-state index contributed by atoms with van der Waals surface area (Å²) in [4.78, 5) is 18.1. The van der Waals surface area contributed by atoms with E-state index in [2.05, 4.69) is 31.0 Å². The zero-order valence-electron chi connectivity index (χ0n) is 14.9. The number of aryl methyl sites for hydroxylation is 1. The van der Waals surface area contributed by atoms with E-state index >= 15 is 0 Å². The van der Waals surface area contributed by atoms with Crippen LogP contribution in [-0.2, 0) is 6.54 Å². The molecule has 2 N–H and O–H groups in total. The molecule has 1 aromatic heterocycles. The van der Waals surface area contributed by atoms with E-state index < -0.39 is 0 Å². The third kappa shape index (κ3) is 3.09. The van der Waals surface area contributed by atoms with Crippen molar-refractivity contribution < 1.29 is 4.90 Å². The summed E-state index contributed by atoms with van der Waals surface area (Å²) >= 11 is 0. The van der Waals surface area contributed by atoms with Crippen LogP contribution in [0.2, 0.25) is 0 Å². The maximum absolute atomic E-state index is 13.1. The monoisotopic (exact) mass is 323 g/mol. The second-order valence-electron chi connectivity index (χ2n) is 6.65. The molecule has 24 heavy (non-hydrogen) atoms. The summed E-state index contributed by atoms with van der Waals surface area (Å²) in [5, 5.41) is 3.09. The quantitative estimate of drug-likeness (QED) is 0.672. The number of hydrogen-bond acceptors (Lipinski definition) is 1. The van der Waals surface area contributed by atoms with Crippen molar-refractivity contribution in [3.05, 3.63) is 57.9 Å². The van der Waals surface area contributed by atoms with Gasteiger partial charge in [-0.15, -0.1) is 0 Å². The van der Waals surface area contributed by atoms with E-state index in [1.165, 1.54) is 17.7 Å². The highest BCUT2D eigenvalue weighted by molar-refractivity contribution is 6.05. The molecule has 0 aliphatic heterocycles. The van der Waals surface area contributed by atoms with E-state index in [1.807, 2.05) is 31.2 Å². The van der Waals surface area contributed by atoms with E-state index in [-0.39, 0.29) is 5.43 Å². The summed E-state index contributed by atoms with van der Waals surface area (Å²) in [7, 11) is 0. The average molecular weight is 323 g/mol. The molecule has 0 radical (unpaired) electrons. The minimum absolute atomic E-state index is 0.189. The van der Waals surface area contributed by atoms with Crippen molar-refractivity contribution in [3.63, 3.8) is 0 Å². The number of unbranched alkanes of at least 4 members (excludes halogenated alkanes) is 1. The number of aromatic amines is 1. The van der Waals surface area contributed by atoms with Gasteiger partial charge in [-0.2, -0.15) is 0 Å². The van der Waals surface area contributed by atoms with E-state index in [0.717, 1.165) is 52.6 Å². The maximum Gasteiger partial charge on any atom is 0.198 e. The van der Waals surface area contributed by atoms with E-state index in [0.29, 0.717) is 0 Å². The fraction of sp³-hybridized carbons (Fsp3) is 0.381. The maximum atomic E-state index is 13.1. The Hall–Kier alpha value is -2.13. The molecule has 0 fully saturated rings. The molecule has 3 aromatic rings. The lowest BCUT2D eigenvalue weighted by molar-refractivity contribution is -0.912. The van der Waals surface area contributed by atoms with Gasteiger partial charge >= 0.3 is 0 Å². The normalized spacial score (nSPS) is 12.8. The third-order valence-electron chi connectivity index (χ3n) is 5.02. The van der Waals surface area contributed by atoms with Gasteiger partial charge in [-0.1, -0.05) is 43.7 Å². The Kier molecular flexibility index (Phi) is 5.00. The van der Waals surface area contributed by atoms with Crippen molar-refractivity contribution in [1.29, 1.82) is 0 Å². The molecule has 3 heteroatoms. The first-order chi connectivity index (χ1) is 11.7. The Morgan fingerprint density at radius 3 is 2.58 bits per heavy atom. The van der Waals surface area contributed by atoms with Gasteiger partial charge in [0.05, 0.1) is 24.2 Å². The fourth-order valence-corrected chi connectivity index (χ4v) is 3.47. The number of nitrogens with one attached hydrogen (secondary N) is 2. The Labute approximate surface area is 143 Å². The number of benzene rings is 2. The average Bonchev–Trinajstić information content (AvgIpc) is 2.61. The summed E-state index contributed by atoms with van der Waals surface area (Å²) in [6.45, 7) is 9.43. The largest absolute Gasteiger partial charge is 0.357 e. The third-order valence-corrected chi connectivity index (χ3v) is 5.02. The van der Waals surface area contributed by atoms with Gasteiger partial charge in [0, 0.05) is 16.5 Å². The van der Waals surface area contributed by atoms with Crippen LogP contribution in [0.5, 0.6) is 0 Å². The highest BCUT2D eigenvalue weighted by Crippen LogP contribution is 2.22. The second kappa shape index (κ2) is 7.18. The van der Waals surface area contributed by atoms with Crippen molar-refractivity contribution in [2.45, 2.75) is 40.2 Å². The topological polar surface area (TPSA) is 37.3 Å². The number of rotatable bonds is 6. The van der Waals surface area contributed by atoms with Crippen molar-refractivity contribution in [2.24, 2.45) is 0 Å². The molecule has 126 valence electrons. The Morgan fingerprint density at radius 2 is 1.83 bits per heavy atom. The highest BCUT2D eigenvalue weighted by atomic mass is 16.1. The SMILES string of the molecule is CCCC[NH+](CC)Cc1c(C)[nH]c2c(ccc3ccccc32)c1=O. The van der Waals surface area contributed by atoms with Crippen LogP contribution in [0.25, 0.3) is 21.7 Å².